The van der Waals surface area contributed by atoms with E-state index in [1.807, 2.05) is 0 Å². The van der Waals surface area contributed by atoms with Crippen LogP contribution >= 0.6 is 0 Å². The van der Waals surface area contributed by atoms with Crippen molar-refractivity contribution in [2.75, 3.05) is 54.5 Å². The van der Waals surface area contributed by atoms with Gasteiger partial charge in [-0.05, 0) is 23.8 Å². The second kappa shape index (κ2) is 12.4. The van der Waals surface area contributed by atoms with Crippen molar-refractivity contribution in [3.05, 3.63) is 47.5 Å². The summed E-state index contributed by atoms with van der Waals surface area (Å²) in [5, 5.41) is 10.4. The van der Waals surface area contributed by atoms with Gasteiger partial charge < -0.3 is 38.3 Å². The first kappa shape index (κ1) is 29.1. The van der Waals surface area contributed by atoms with E-state index >= 15 is 0 Å². The summed E-state index contributed by atoms with van der Waals surface area (Å²) in [6.07, 6.45) is 3.32. The maximum atomic E-state index is 13.4. The molecule has 0 radical (unpaired) electrons. The van der Waals surface area contributed by atoms with Gasteiger partial charge in [0.25, 0.3) is 10.0 Å². The Balaban J connectivity index is 2.10. The summed E-state index contributed by atoms with van der Waals surface area (Å²) in [7, 11) is 5.89. The van der Waals surface area contributed by atoms with E-state index in [2.05, 4.69) is 4.72 Å². The van der Waals surface area contributed by atoms with Crippen molar-refractivity contribution in [3.8, 4) is 46.0 Å². The first-order valence-electron chi connectivity index (χ1n) is 11.4. The lowest BCUT2D eigenvalue weighted by Gasteiger charge is -2.16. The summed E-state index contributed by atoms with van der Waals surface area (Å²) >= 11 is 0. The number of methoxy groups -OCH3 is 7. The van der Waals surface area contributed by atoms with Gasteiger partial charge in [0.05, 0.1) is 60.4 Å². The number of phenolic OH excluding ortho intramolecular Hbond substituents is 1. The van der Waals surface area contributed by atoms with Gasteiger partial charge in [-0.25, -0.2) is 8.42 Å². The second-order valence-electron chi connectivity index (χ2n) is 7.87. The number of anilines is 1. The predicted molar refractivity (Wildman–Crippen MR) is 147 cm³/mol. The molecule has 0 aliphatic heterocycles. The number of hydrogen-bond donors (Lipinski definition) is 2. The van der Waals surface area contributed by atoms with Gasteiger partial charge in [0.2, 0.25) is 11.5 Å². The summed E-state index contributed by atoms with van der Waals surface area (Å²) < 4.78 is 66.7. The van der Waals surface area contributed by atoms with Gasteiger partial charge in [-0.1, -0.05) is 12.2 Å². The normalized spacial score (nSPS) is 11.2. The van der Waals surface area contributed by atoms with Crippen molar-refractivity contribution in [2.45, 2.75) is 4.90 Å². The molecule has 3 aromatic carbocycles. The van der Waals surface area contributed by atoms with Crippen LogP contribution in [0.3, 0.4) is 0 Å². The molecular weight excluding hydrogens is 530 g/mol. The second-order valence-corrected chi connectivity index (χ2v) is 9.55. The molecule has 0 saturated heterocycles. The third kappa shape index (κ3) is 6.17. The van der Waals surface area contributed by atoms with E-state index < -0.39 is 10.0 Å². The van der Waals surface area contributed by atoms with Crippen LogP contribution in [0.5, 0.6) is 46.0 Å². The van der Waals surface area contributed by atoms with Crippen LogP contribution in [0.2, 0.25) is 0 Å². The molecule has 0 heterocycles. The molecule has 3 rings (SSSR count). The predicted octanol–water partition coefficient (Wildman–Crippen LogP) is 4.42. The van der Waals surface area contributed by atoms with E-state index in [0.29, 0.717) is 28.4 Å². The standard InChI is InChI=1S/C27H31NO10S/c1-32-21-15-19(28-39(30,31)18-13-24(35-4)27(38-7)25(14-18)36-5)17(12-20(21)29)9-8-16-10-22(33-2)26(37-6)23(11-16)34-3/h8-15,28-29H,1-7H3/b9-8-. The van der Waals surface area contributed by atoms with Gasteiger partial charge >= 0.3 is 0 Å². The van der Waals surface area contributed by atoms with E-state index in [4.69, 9.17) is 33.2 Å². The fraction of sp³-hybridized carbons (Fsp3) is 0.259. The van der Waals surface area contributed by atoms with Crippen molar-refractivity contribution in [1.82, 2.24) is 0 Å². The van der Waals surface area contributed by atoms with Crippen molar-refractivity contribution in [2.24, 2.45) is 0 Å². The first-order chi connectivity index (χ1) is 18.7. The van der Waals surface area contributed by atoms with Crippen LogP contribution in [0.4, 0.5) is 5.69 Å². The average molecular weight is 562 g/mol. The molecule has 0 fully saturated rings. The lowest BCUT2D eigenvalue weighted by atomic mass is 10.1. The van der Waals surface area contributed by atoms with Gasteiger partial charge in [0.15, 0.2) is 34.5 Å². The van der Waals surface area contributed by atoms with Gasteiger partial charge in [0, 0.05) is 23.8 Å². The molecule has 0 aliphatic rings. The molecule has 3 aromatic rings. The zero-order valence-corrected chi connectivity index (χ0v) is 23.5. The van der Waals surface area contributed by atoms with Crippen molar-refractivity contribution < 1.29 is 46.7 Å². The quantitative estimate of drug-likeness (QED) is 0.242. The molecule has 0 saturated carbocycles. The fourth-order valence-corrected chi connectivity index (χ4v) is 4.88. The maximum Gasteiger partial charge on any atom is 0.262 e. The summed E-state index contributed by atoms with van der Waals surface area (Å²) in [6.45, 7) is 0. The Bertz CT molecular complexity index is 1420. The molecule has 2 N–H and O–H groups in total. The highest BCUT2D eigenvalue weighted by molar-refractivity contribution is 7.92. The molecule has 0 unspecified atom stereocenters. The van der Waals surface area contributed by atoms with Gasteiger partial charge in [-0.2, -0.15) is 0 Å². The molecule has 0 spiro atoms. The zero-order chi connectivity index (χ0) is 28.7. The number of aromatic hydroxyl groups is 1. The number of ether oxygens (including phenoxy) is 7. The minimum absolute atomic E-state index is 0.0718. The smallest absolute Gasteiger partial charge is 0.262 e. The van der Waals surface area contributed by atoms with Crippen LogP contribution in [-0.2, 0) is 10.0 Å². The maximum absolute atomic E-state index is 13.4. The summed E-state index contributed by atoms with van der Waals surface area (Å²) in [4.78, 5) is -0.136. The van der Waals surface area contributed by atoms with Crippen LogP contribution in [-0.4, -0.2) is 63.3 Å². The summed E-state index contributed by atoms with van der Waals surface area (Å²) in [6, 6.07) is 8.82. The van der Waals surface area contributed by atoms with E-state index in [-0.39, 0.29) is 39.3 Å². The number of benzene rings is 3. The Morgan fingerprint density at radius 1 is 0.615 bits per heavy atom. The Kier molecular flexibility index (Phi) is 9.25. The Hall–Kier alpha value is -4.45. The van der Waals surface area contributed by atoms with E-state index in [0.717, 1.165) is 0 Å². The van der Waals surface area contributed by atoms with Gasteiger partial charge in [0.1, 0.15) is 0 Å². The van der Waals surface area contributed by atoms with Crippen molar-refractivity contribution in [3.63, 3.8) is 0 Å². The van der Waals surface area contributed by atoms with Crippen molar-refractivity contribution >= 4 is 27.9 Å². The highest BCUT2D eigenvalue weighted by Gasteiger charge is 2.23. The lowest BCUT2D eigenvalue weighted by molar-refractivity contribution is 0.323. The average Bonchev–Trinajstić information content (AvgIpc) is 2.95. The van der Waals surface area contributed by atoms with Gasteiger partial charge in [-0.3, -0.25) is 4.72 Å². The fourth-order valence-electron chi connectivity index (χ4n) is 3.77. The van der Waals surface area contributed by atoms with E-state index in [9.17, 15) is 13.5 Å². The minimum Gasteiger partial charge on any atom is -0.504 e. The molecule has 39 heavy (non-hydrogen) atoms. The highest BCUT2D eigenvalue weighted by atomic mass is 32.2. The Morgan fingerprint density at radius 2 is 1.08 bits per heavy atom. The van der Waals surface area contributed by atoms with Crippen molar-refractivity contribution in [1.29, 1.82) is 0 Å². The van der Waals surface area contributed by atoms with E-state index in [1.54, 1.807) is 24.3 Å². The molecule has 0 aromatic heterocycles. The Morgan fingerprint density at radius 3 is 1.51 bits per heavy atom. The molecule has 11 nitrogen and oxygen atoms in total. The molecule has 0 aliphatic carbocycles. The lowest BCUT2D eigenvalue weighted by Crippen LogP contribution is -2.14. The number of phenols is 1. The third-order valence-corrected chi connectivity index (χ3v) is 7.03. The van der Waals surface area contributed by atoms with E-state index in [1.165, 1.54) is 74.0 Å². The van der Waals surface area contributed by atoms with Crippen LogP contribution in [0, 0.1) is 0 Å². The molecular formula is C27H31NO10S. The Labute approximate surface area is 227 Å². The molecule has 0 atom stereocenters. The monoisotopic (exact) mass is 561 g/mol. The molecule has 0 bridgehead atoms. The van der Waals surface area contributed by atoms with Crippen LogP contribution in [0.1, 0.15) is 11.1 Å². The summed E-state index contributed by atoms with van der Waals surface area (Å²) in [5.74, 6) is 1.79. The SMILES string of the molecule is COc1cc(NS(=O)(=O)c2cc(OC)c(OC)c(OC)c2)c(/C=C\c2cc(OC)c(OC)c(OC)c2)cc1O. The number of sulfonamides is 1. The van der Waals surface area contributed by atoms with Crippen LogP contribution in [0.25, 0.3) is 12.2 Å². The molecule has 12 heteroatoms. The topological polar surface area (TPSA) is 131 Å². The largest absolute Gasteiger partial charge is 0.504 e. The van der Waals surface area contributed by atoms with Gasteiger partial charge in [-0.15, -0.1) is 0 Å². The summed E-state index contributed by atoms with van der Waals surface area (Å²) in [5.41, 5.74) is 1.15. The number of rotatable bonds is 12. The number of nitrogens with one attached hydrogen (secondary N) is 1. The highest BCUT2D eigenvalue weighted by Crippen LogP contribution is 2.41. The van der Waals surface area contributed by atoms with Crippen LogP contribution < -0.4 is 37.9 Å². The molecule has 0 amide bonds. The minimum atomic E-state index is -4.17. The zero-order valence-electron chi connectivity index (χ0n) is 22.6. The van der Waals surface area contributed by atoms with Crippen LogP contribution in [0.15, 0.2) is 41.3 Å². The molecule has 210 valence electrons. The first-order valence-corrected chi connectivity index (χ1v) is 12.9. The third-order valence-electron chi connectivity index (χ3n) is 5.69. The number of hydrogen-bond acceptors (Lipinski definition) is 10.